The zero-order chi connectivity index (χ0) is 36.1. The van der Waals surface area contributed by atoms with Crippen LogP contribution in [0, 0.1) is 40.9 Å². The molecule has 2 aromatic rings. The summed E-state index contributed by atoms with van der Waals surface area (Å²) in [6.45, 7) is 11.6. The molecule has 2 saturated heterocycles. The van der Waals surface area contributed by atoms with Crippen LogP contribution in [-0.2, 0) is 20.8 Å². The van der Waals surface area contributed by atoms with E-state index in [1.54, 1.807) is 4.90 Å². The second-order valence-corrected chi connectivity index (χ2v) is 17.3. The van der Waals surface area contributed by atoms with Gasteiger partial charge < -0.3 is 20.2 Å². The lowest BCUT2D eigenvalue weighted by Gasteiger charge is -2.39. The van der Waals surface area contributed by atoms with Crippen LogP contribution in [0.2, 0.25) is 0 Å². The number of hydrogen-bond acceptors (Lipinski definition) is 6. The molecular weight excluding hydrogens is 638 g/mol. The van der Waals surface area contributed by atoms with Crippen LogP contribution < -0.4 is 10.2 Å². The summed E-state index contributed by atoms with van der Waals surface area (Å²) in [4.78, 5) is 51.9. The maximum Gasteiger partial charge on any atom is 0.310 e. The van der Waals surface area contributed by atoms with Crippen LogP contribution in [-0.4, -0.2) is 70.0 Å². The van der Waals surface area contributed by atoms with Crippen LogP contribution >= 0.6 is 0 Å². The first-order chi connectivity index (χ1) is 24.5. The summed E-state index contributed by atoms with van der Waals surface area (Å²) >= 11 is 0. The van der Waals surface area contributed by atoms with E-state index in [-0.39, 0.29) is 36.2 Å². The molecule has 0 bridgehead atoms. The predicted octanol–water partition coefficient (Wildman–Crippen LogP) is 7.39. The number of carboxylic acids is 1. The Bertz CT molecular complexity index is 1460. The van der Waals surface area contributed by atoms with Crippen LogP contribution in [0.3, 0.4) is 0 Å². The summed E-state index contributed by atoms with van der Waals surface area (Å²) < 4.78 is 0. The van der Waals surface area contributed by atoms with Crippen LogP contribution in [0.5, 0.6) is 0 Å². The van der Waals surface area contributed by atoms with Crippen molar-refractivity contribution in [1.82, 2.24) is 20.2 Å². The zero-order valence-electron chi connectivity index (χ0n) is 31.5. The van der Waals surface area contributed by atoms with Crippen molar-refractivity contribution in [3.05, 3.63) is 42.2 Å². The predicted molar refractivity (Wildman–Crippen MR) is 201 cm³/mol. The minimum absolute atomic E-state index is 0.0695. The third-order valence-corrected chi connectivity index (χ3v) is 12.9. The number of likely N-dealkylation sites (tertiary alicyclic amines) is 1. The summed E-state index contributed by atoms with van der Waals surface area (Å²) in [7, 11) is 0. The first-order valence-electron chi connectivity index (χ1n) is 20.0. The number of carbonyl (C=O) groups is 3. The molecule has 9 nitrogen and oxygen atoms in total. The molecule has 1 atom stereocenters. The maximum absolute atomic E-state index is 13.6. The fourth-order valence-corrected chi connectivity index (χ4v) is 9.39. The Morgan fingerprint density at radius 2 is 1.45 bits per heavy atom. The fraction of sp³-hybridized carbons (Fsp3) is 0.690. The Kier molecular flexibility index (Phi) is 12.0. The van der Waals surface area contributed by atoms with Gasteiger partial charge in [-0.2, -0.15) is 0 Å². The molecule has 2 aliphatic heterocycles. The number of anilines is 1. The van der Waals surface area contributed by atoms with Gasteiger partial charge in [0, 0.05) is 44.1 Å². The second kappa shape index (κ2) is 16.5. The summed E-state index contributed by atoms with van der Waals surface area (Å²) in [5.74, 6) is 2.16. The molecule has 0 unspecified atom stereocenters. The van der Waals surface area contributed by atoms with Gasteiger partial charge in [0.25, 0.3) is 0 Å². The summed E-state index contributed by atoms with van der Waals surface area (Å²) in [6, 6.07) is 7.17. The lowest BCUT2D eigenvalue weighted by atomic mass is 9.69. The number of aliphatic carboxylic acids is 1. The van der Waals surface area contributed by atoms with Crippen molar-refractivity contribution in [2.45, 2.75) is 117 Å². The van der Waals surface area contributed by atoms with Crippen molar-refractivity contribution in [3.8, 4) is 11.4 Å². The van der Waals surface area contributed by atoms with Gasteiger partial charge in [-0.3, -0.25) is 14.4 Å². The number of benzene rings is 1. The van der Waals surface area contributed by atoms with Crippen LogP contribution in [0.25, 0.3) is 11.4 Å². The van der Waals surface area contributed by atoms with Crippen molar-refractivity contribution in [1.29, 1.82) is 0 Å². The lowest BCUT2D eigenvalue weighted by molar-refractivity contribution is -0.154. The Labute approximate surface area is 305 Å². The maximum atomic E-state index is 13.6. The molecule has 0 radical (unpaired) electrons. The number of nitrogens with one attached hydrogen (secondary N) is 1. The normalized spacial score (nSPS) is 25.6. The van der Waals surface area contributed by atoms with Crippen LogP contribution in [0.4, 0.5) is 5.69 Å². The minimum Gasteiger partial charge on any atom is -0.481 e. The molecular formula is C42H61N5O4. The summed E-state index contributed by atoms with van der Waals surface area (Å²) in [5.41, 5.74) is 3.13. The van der Waals surface area contributed by atoms with Crippen molar-refractivity contribution < 1.29 is 19.5 Å². The molecule has 0 spiro atoms. The van der Waals surface area contributed by atoms with Crippen molar-refractivity contribution in [2.24, 2.45) is 40.9 Å². The molecule has 2 amide bonds. The van der Waals surface area contributed by atoms with Gasteiger partial charge >= 0.3 is 5.97 Å². The highest BCUT2D eigenvalue weighted by Crippen LogP contribution is 2.41. The monoisotopic (exact) mass is 699 g/mol. The molecule has 2 aliphatic carbocycles. The van der Waals surface area contributed by atoms with E-state index in [9.17, 15) is 19.5 Å². The van der Waals surface area contributed by atoms with Gasteiger partial charge in [-0.05, 0) is 86.0 Å². The molecule has 9 heteroatoms. The average molecular weight is 700 g/mol. The van der Waals surface area contributed by atoms with E-state index in [4.69, 9.17) is 9.97 Å². The average Bonchev–Trinajstić information content (AvgIpc) is 3.11. The third kappa shape index (κ3) is 9.31. The first-order valence-corrected chi connectivity index (χ1v) is 20.0. The van der Waals surface area contributed by atoms with Crippen LogP contribution in [0.1, 0.15) is 110 Å². The van der Waals surface area contributed by atoms with E-state index in [1.165, 1.54) is 51.4 Å². The van der Waals surface area contributed by atoms with E-state index in [0.717, 1.165) is 73.3 Å². The van der Waals surface area contributed by atoms with Crippen molar-refractivity contribution in [2.75, 3.05) is 31.1 Å². The van der Waals surface area contributed by atoms with Gasteiger partial charge in [-0.1, -0.05) is 77.6 Å². The highest BCUT2D eigenvalue weighted by Gasteiger charge is 2.40. The number of rotatable bonds is 11. The molecule has 1 aromatic heterocycles. The number of aromatic nitrogens is 2. The van der Waals surface area contributed by atoms with Crippen LogP contribution in [0.15, 0.2) is 36.7 Å². The fourth-order valence-electron chi connectivity index (χ4n) is 9.39. The van der Waals surface area contributed by atoms with Gasteiger partial charge in [0.2, 0.25) is 11.8 Å². The minimum atomic E-state index is -0.888. The number of piperidine rings is 1. The highest BCUT2D eigenvalue weighted by atomic mass is 16.4. The molecule has 3 heterocycles. The standard InChI is InChI=1S/C42H61N5O4/c1-5-6-28-7-11-30(12-8-28)31-19-21-46(22-20-31)36-24-43-38(44-25-36)32-13-9-29(10-14-32)23-37(40(49)47-26-34(27-47)41(50)51)45-39(48)33-15-17-35(18-16-33)42(2,3)4/h9-10,13-14,24-25,28,30-31,33-35,37H,5-8,11-12,15-23,26-27H2,1-4H3,(H,45,48)(H,50,51)/t28?,30?,33-,35-,37-/m0/s1. The highest BCUT2D eigenvalue weighted by molar-refractivity contribution is 5.90. The molecule has 2 saturated carbocycles. The Morgan fingerprint density at radius 3 is 2.02 bits per heavy atom. The van der Waals surface area contributed by atoms with Crippen molar-refractivity contribution in [3.63, 3.8) is 0 Å². The van der Waals surface area contributed by atoms with E-state index in [0.29, 0.717) is 18.2 Å². The van der Waals surface area contributed by atoms with E-state index in [2.05, 4.69) is 37.9 Å². The smallest absolute Gasteiger partial charge is 0.310 e. The largest absolute Gasteiger partial charge is 0.481 e. The topological polar surface area (TPSA) is 116 Å². The molecule has 4 fully saturated rings. The number of carboxylic acid groups (broad SMARTS) is 1. The van der Waals surface area contributed by atoms with Gasteiger partial charge in [-0.15, -0.1) is 0 Å². The first kappa shape index (κ1) is 37.3. The van der Waals surface area contributed by atoms with Gasteiger partial charge in [0.1, 0.15) is 6.04 Å². The van der Waals surface area contributed by atoms with Gasteiger partial charge in [-0.25, -0.2) is 9.97 Å². The Hall–Kier alpha value is -3.49. The SMILES string of the molecule is CCCC1CCC(C2CCN(c3cnc(-c4ccc(C[C@H](NC(=O)[C@H]5CC[C@H](C(C)(C)C)CC5)C(=O)N5CC(C(=O)O)C5)cc4)nc3)CC2)CC1. The van der Waals surface area contributed by atoms with Crippen molar-refractivity contribution >= 4 is 23.5 Å². The summed E-state index contributed by atoms with van der Waals surface area (Å²) in [5, 5.41) is 12.4. The van der Waals surface area contributed by atoms with Gasteiger partial charge in [0.15, 0.2) is 5.82 Å². The summed E-state index contributed by atoms with van der Waals surface area (Å²) in [6.07, 6.45) is 18.8. The number of carbonyl (C=O) groups excluding carboxylic acids is 2. The number of hydrogen-bond donors (Lipinski definition) is 2. The third-order valence-electron chi connectivity index (χ3n) is 12.9. The molecule has 2 N–H and O–H groups in total. The lowest BCUT2D eigenvalue weighted by Crippen LogP contribution is -2.59. The number of nitrogens with zero attached hydrogens (tertiary/aromatic N) is 4. The second-order valence-electron chi connectivity index (χ2n) is 17.3. The Balaban J connectivity index is 1.03. The Morgan fingerprint density at radius 1 is 0.843 bits per heavy atom. The number of amides is 2. The molecule has 278 valence electrons. The van der Waals surface area contributed by atoms with E-state index >= 15 is 0 Å². The molecule has 1 aromatic carbocycles. The molecule has 6 rings (SSSR count). The quantitative estimate of drug-likeness (QED) is 0.251. The van der Waals surface area contributed by atoms with E-state index in [1.807, 2.05) is 36.7 Å². The molecule has 4 aliphatic rings. The van der Waals surface area contributed by atoms with Gasteiger partial charge in [0.05, 0.1) is 24.0 Å². The zero-order valence-corrected chi connectivity index (χ0v) is 31.5. The molecule has 51 heavy (non-hydrogen) atoms. The van der Waals surface area contributed by atoms with E-state index < -0.39 is 17.9 Å².